The van der Waals surface area contributed by atoms with Gasteiger partial charge in [-0.1, -0.05) is 0 Å². The summed E-state index contributed by atoms with van der Waals surface area (Å²) in [5.74, 6) is 1.25. The Labute approximate surface area is 136 Å². The van der Waals surface area contributed by atoms with Crippen LogP contribution in [-0.4, -0.2) is 57.0 Å². The van der Waals surface area contributed by atoms with E-state index in [1.54, 1.807) is 18.2 Å². The highest BCUT2D eigenvalue weighted by Gasteiger charge is 2.16. The maximum absolute atomic E-state index is 12.1. The van der Waals surface area contributed by atoms with Crippen molar-refractivity contribution in [2.75, 3.05) is 46.2 Å². The van der Waals surface area contributed by atoms with Gasteiger partial charge in [-0.15, -0.1) is 0 Å². The largest absolute Gasteiger partial charge is 1.00 e. The van der Waals surface area contributed by atoms with E-state index in [9.17, 15) is 4.79 Å². The first-order valence-corrected chi connectivity index (χ1v) is 7.31. The van der Waals surface area contributed by atoms with Crippen LogP contribution >= 0.6 is 0 Å². The molecular weight excluding hydrogens is 308 g/mol. The Morgan fingerprint density at radius 3 is 2.77 bits per heavy atom. The Balaban J connectivity index is 0.00000176. The average molecular weight is 328 g/mol. The topological polar surface area (TPSA) is 60.0 Å². The zero-order chi connectivity index (χ0) is 14.5. The third-order valence-electron chi connectivity index (χ3n) is 3.68. The fourth-order valence-corrected chi connectivity index (χ4v) is 2.47. The summed E-state index contributed by atoms with van der Waals surface area (Å²) in [6.07, 6.45) is 0.941. The van der Waals surface area contributed by atoms with Crippen molar-refractivity contribution in [3.8, 4) is 11.5 Å². The lowest BCUT2D eigenvalue weighted by Crippen LogP contribution is -3.00. The van der Waals surface area contributed by atoms with Crippen molar-refractivity contribution in [2.24, 2.45) is 0 Å². The number of halogens is 1. The molecule has 22 heavy (non-hydrogen) atoms. The lowest BCUT2D eigenvalue weighted by atomic mass is 10.2. The van der Waals surface area contributed by atoms with Crippen LogP contribution in [0.4, 0.5) is 0 Å². The van der Waals surface area contributed by atoms with E-state index in [1.807, 2.05) is 0 Å². The molecule has 1 N–H and O–H groups in total. The second-order valence-corrected chi connectivity index (χ2v) is 5.13. The number of morpholine rings is 1. The van der Waals surface area contributed by atoms with E-state index >= 15 is 0 Å². The summed E-state index contributed by atoms with van der Waals surface area (Å²) in [6, 6.07) is 5.25. The standard InChI is InChI=1S/C15H20N2O4.ClH/c18-15(12-2-3-13-14(10-12)21-11-20-13)16-4-1-5-17-6-8-19-9-7-17;/h2-3,10H,1,4-9,11H2,(H,16,18);1H/p-1. The van der Waals surface area contributed by atoms with Crippen LogP contribution in [0.3, 0.4) is 0 Å². The van der Waals surface area contributed by atoms with Crippen LogP contribution in [0.1, 0.15) is 16.8 Å². The van der Waals surface area contributed by atoms with Gasteiger partial charge in [0, 0.05) is 25.2 Å². The molecule has 0 unspecified atom stereocenters. The monoisotopic (exact) mass is 327 g/mol. The lowest BCUT2D eigenvalue weighted by Gasteiger charge is -2.26. The van der Waals surface area contributed by atoms with Crippen molar-refractivity contribution >= 4 is 5.91 Å². The number of hydrogen-bond acceptors (Lipinski definition) is 5. The highest BCUT2D eigenvalue weighted by molar-refractivity contribution is 5.94. The number of carbonyl (C=O) groups is 1. The Hall–Kier alpha value is -1.50. The summed E-state index contributed by atoms with van der Waals surface area (Å²) in [6.45, 7) is 5.47. The highest BCUT2D eigenvalue weighted by Crippen LogP contribution is 2.32. The number of nitrogens with zero attached hydrogens (tertiary/aromatic N) is 1. The summed E-state index contributed by atoms with van der Waals surface area (Å²) in [7, 11) is 0. The summed E-state index contributed by atoms with van der Waals surface area (Å²) < 4.78 is 15.8. The predicted molar refractivity (Wildman–Crippen MR) is 76.8 cm³/mol. The number of hydrogen-bond donors (Lipinski definition) is 1. The van der Waals surface area contributed by atoms with E-state index in [4.69, 9.17) is 14.2 Å². The molecule has 0 bridgehead atoms. The molecule has 6 nitrogen and oxygen atoms in total. The molecule has 0 atom stereocenters. The smallest absolute Gasteiger partial charge is 0.251 e. The summed E-state index contributed by atoms with van der Waals surface area (Å²) in [5, 5.41) is 2.94. The molecule has 0 spiro atoms. The molecule has 0 aromatic heterocycles. The van der Waals surface area contributed by atoms with Gasteiger partial charge in [0.15, 0.2) is 11.5 Å². The fourth-order valence-electron chi connectivity index (χ4n) is 2.47. The Kier molecular flexibility index (Phi) is 6.30. The van der Waals surface area contributed by atoms with E-state index in [-0.39, 0.29) is 25.1 Å². The van der Waals surface area contributed by atoms with Crippen molar-refractivity contribution in [2.45, 2.75) is 6.42 Å². The van der Waals surface area contributed by atoms with Crippen molar-refractivity contribution in [3.63, 3.8) is 0 Å². The van der Waals surface area contributed by atoms with E-state index < -0.39 is 0 Å². The van der Waals surface area contributed by atoms with E-state index in [2.05, 4.69) is 10.2 Å². The Morgan fingerprint density at radius 1 is 1.18 bits per heavy atom. The van der Waals surface area contributed by atoms with Crippen molar-refractivity contribution < 1.29 is 31.4 Å². The number of benzene rings is 1. The third-order valence-corrected chi connectivity index (χ3v) is 3.68. The van der Waals surface area contributed by atoms with Crippen LogP contribution in [0.15, 0.2) is 18.2 Å². The second-order valence-electron chi connectivity index (χ2n) is 5.13. The van der Waals surface area contributed by atoms with Crippen LogP contribution in [0.2, 0.25) is 0 Å². The molecule has 2 aliphatic rings. The normalized spacial score (nSPS) is 16.9. The Bertz CT molecular complexity index is 506. The van der Waals surface area contributed by atoms with Crippen molar-refractivity contribution in [1.29, 1.82) is 0 Å². The second kappa shape index (κ2) is 8.22. The minimum Gasteiger partial charge on any atom is -1.00 e. The molecular formula is C15H20ClN2O4-. The van der Waals surface area contributed by atoms with Gasteiger partial charge < -0.3 is 31.9 Å². The maximum Gasteiger partial charge on any atom is 0.251 e. The van der Waals surface area contributed by atoms with Gasteiger partial charge in [0.25, 0.3) is 5.91 Å². The minimum absolute atomic E-state index is 0. The van der Waals surface area contributed by atoms with Crippen molar-refractivity contribution in [1.82, 2.24) is 10.2 Å². The number of rotatable bonds is 5. The molecule has 7 heteroatoms. The van der Waals surface area contributed by atoms with Gasteiger partial charge in [0.1, 0.15) is 0 Å². The molecule has 3 rings (SSSR count). The minimum atomic E-state index is -0.0738. The maximum atomic E-state index is 12.1. The summed E-state index contributed by atoms with van der Waals surface area (Å²) in [4.78, 5) is 14.4. The van der Waals surface area contributed by atoms with Crippen LogP contribution in [-0.2, 0) is 4.74 Å². The van der Waals surface area contributed by atoms with Gasteiger partial charge in [-0.05, 0) is 31.2 Å². The zero-order valence-electron chi connectivity index (χ0n) is 12.3. The molecule has 2 aliphatic heterocycles. The van der Waals surface area contributed by atoms with E-state index in [0.29, 0.717) is 23.6 Å². The predicted octanol–water partition coefficient (Wildman–Crippen LogP) is -2.13. The first kappa shape index (κ1) is 16.9. The highest BCUT2D eigenvalue weighted by atomic mass is 35.5. The molecule has 0 saturated carbocycles. The van der Waals surface area contributed by atoms with Crippen LogP contribution in [0.5, 0.6) is 11.5 Å². The van der Waals surface area contributed by atoms with Gasteiger partial charge in [0.2, 0.25) is 6.79 Å². The van der Waals surface area contributed by atoms with Gasteiger partial charge >= 0.3 is 0 Å². The first-order valence-electron chi connectivity index (χ1n) is 7.31. The summed E-state index contributed by atoms with van der Waals surface area (Å²) in [5.41, 5.74) is 0.602. The van der Waals surface area contributed by atoms with E-state index in [0.717, 1.165) is 39.3 Å². The molecule has 1 aromatic rings. The molecule has 2 heterocycles. The number of ether oxygens (including phenoxy) is 3. The molecule has 0 aliphatic carbocycles. The quantitative estimate of drug-likeness (QED) is 0.626. The van der Waals surface area contributed by atoms with Gasteiger partial charge in [-0.25, -0.2) is 0 Å². The fraction of sp³-hybridized carbons (Fsp3) is 0.533. The average Bonchev–Trinajstić information content (AvgIpc) is 3.00. The Morgan fingerprint density at radius 2 is 1.95 bits per heavy atom. The van der Waals surface area contributed by atoms with Crippen LogP contribution in [0, 0.1) is 0 Å². The number of nitrogens with one attached hydrogen (secondary N) is 1. The summed E-state index contributed by atoms with van der Waals surface area (Å²) >= 11 is 0. The molecule has 1 amide bonds. The van der Waals surface area contributed by atoms with Gasteiger partial charge in [0.05, 0.1) is 13.2 Å². The number of carbonyl (C=O) groups excluding carboxylic acids is 1. The number of fused-ring (bicyclic) bond motifs is 1. The molecule has 122 valence electrons. The lowest BCUT2D eigenvalue weighted by molar-refractivity contribution is -0.0000153. The van der Waals surface area contributed by atoms with Gasteiger partial charge in [-0.2, -0.15) is 0 Å². The molecule has 1 aromatic carbocycles. The number of amides is 1. The molecule has 1 saturated heterocycles. The van der Waals surface area contributed by atoms with Gasteiger partial charge in [-0.3, -0.25) is 9.69 Å². The van der Waals surface area contributed by atoms with Crippen LogP contribution < -0.4 is 27.2 Å². The zero-order valence-corrected chi connectivity index (χ0v) is 13.1. The first-order chi connectivity index (χ1) is 10.3. The molecule has 1 fully saturated rings. The van der Waals surface area contributed by atoms with Crippen LogP contribution in [0.25, 0.3) is 0 Å². The molecule has 0 radical (unpaired) electrons. The third kappa shape index (κ3) is 4.25. The van der Waals surface area contributed by atoms with Crippen molar-refractivity contribution in [3.05, 3.63) is 23.8 Å². The SMILES string of the molecule is O=C(NCCCN1CCOCC1)c1ccc2c(c1)OCO2.[Cl-]. The van der Waals surface area contributed by atoms with E-state index in [1.165, 1.54) is 0 Å².